The number of piperidine rings is 1. The zero-order chi connectivity index (χ0) is 8.48. The Kier molecular flexibility index (Phi) is 2.39. The summed E-state index contributed by atoms with van der Waals surface area (Å²) in [5, 5.41) is 1.24. The molecule has 1 fully saturated rings. The molecule has 1 heterocycles. The minimum absolute atomic E-state index is 0.0521. The maximum Gasteiger partial charge on any atom is 0.393 e. The molecule has 0 aromatic heterocycles. The van der Waals surface area contributed by atoms with Gasteiger partial charge in [-0.05, 0) is 12.8 Å². The summed E-state index contributed by atoms with van der Waals surface area (Å²) in [6.07, 6.45) is -3.31. The van der Waals surface area contributed by atoms with E-state index in [1.807, 2.05) is 0 Å². The summed E-state index contributed by atoms with van der Waals surface area (Å²) in [4.78, 5) is 0. The number of hydrogen-bond donors (Lipinski definition) is 1. The maximum atomic E-state index is 12.0. The van der Waals surface area contributed by atoms with Gasteiger partial charge in [-0.2, -0.15) is 13.2 Å². The fourth-order valence-corrected chi connectivity index (χ4v) is 1.27. The van der Waals surface area contributed by atoms with Gasteiger partial charge in [-0.25, -0.2) is 5.01 Å². The first kappa shape index (κ1) is 8.80. The summed E-state index contributed by atoms with van der Waals surface area (Å²) < 4.78 is 36.1. The van der Waals surface area contributed by atoms with Crippen LogP contribution in [0.3, 0.4) is 0 Å². The van der Waals surface area contributed by atoms with Crippen LogP contribution in [0.5, 0.6) is 0 Å². The predicted octanol–water partition coefficient (Wildman–Crippen LogP) is 1.13. The normalized spacial score (nSPS) is 28.9. The molecule has 2 nitrogen and oxygen atoms in total. The molecule has 0 radical (unpaired) electrons. The van der Waals surface area contributed by atoms with Crippen molar-refractivity contribution < 1.29 is 13.2 Å². The molecule has 0 spiro atoms. The van der Waals surface area contributed by atoms with E-state index in [1.165, 1.54) is 5.01 Å². The number of rotatable bonds is 0. The molecule has 1 rings (SSSR count). The van der Waals surface area contributed by atoms with Crippen molar-refractivity contribution >= 4 is 0 Å². The lowest BCUT2D eigenvalue weighted by Crippen LogP contribution is -2.45. The lowest BCUT2D eigenvalue weighted by Gasteiger charge is -2.30. The smallest absolute Gasteiger partial charge is 0.269 e. The molecule has 1 aliphatic rings. The van der Waals surface area contributed by atoms with E-state index >= 15 is 0 Å². The van der Waals surface area contributed by atoms with Crippen molar-refractivity contribution in [2.24, 2.45) is 11.8 Å². The molecule has 0 aromatic rings. The van der Waals surface area contributed by atoms with E-state index in [-0.39, 0.29) is 13.0 Å². The van der Waals surface area contributed by atoms with Gasteiger partial charge in [-0.15, -0.1) is 0 Å². The first-order valence-corrected chi connectivity index (χ1v) is 3.56. The summed E-state index contributed by atoms with van der Waals surface area (Å²) in [6, 6.07) is 0. The van der Waals surface area contributed by atoms with E-state index in [1.54, 1.807) is 0 Å². The molecule has 1 unspecified atom stereocenters. The quantitative estimate of drug-likeness (QED) is 0.549. The topological polar surface area (TPSA) is 29.3 Å². The van der Waals surface area contributed by atoms with E-state index in [2.05, 4.69) is 0 Å². The first-order chi connectivity index (χ1) is 5.00. The van der Waals surface area contributed by atoms with Crippen LogP contribution in [0.2, 0.25) is 0 Å². The Morgan fingerprint density at radius 1 is 1.36 bits per heavy atom. The molecule has 11 heavy (non-hydrogen) atoms. The van der Waals surface area contributed by atoms with Crippen molar-refractivity contribution in [3.8, 4) is 0 Å². The lowest BCUT2D eigenvalue weighted by molar-refractivity contribution is -0.186. The van der Waals surface area contributed by atoms with Crippen LogP contribution in [0.15, 0.2) is 0 Å². The predicted molar refractivity (Wildman–Crippen MR) is 34.5 cm³/mol. The van der Waals surface area contributed by atoms with Crippen LogP contribution < -0.4 is 5.84 Å². The summed E-state index contributed by atoms with van der Waals surface area (Å²) in [5.41, 5.74) is 0. The van der Waals surface area contributed by atoms with Crippen LogP contribution in [-0.2, 0) is 0 Å². The van der Waals surface area contributed by atoms with Crippen molar-refractivity contribution in [2.75, 3.05) is 13.1 Å². The minimum atomic E-state index is -4.07. The fourth-order valence-electron chi connectivity index (χ4n) is 1.27. The molecule has 0 amide bonds. The van der Waals surface area contributed by atoms with E-state index in [4.69, 9.17) is 5.84 Å². The molecule has 5 heteroatoms. The van der Waals surface area contributed by atoms with Gasteiger partial charge in [0.05, 0.1) is 5.92 Å². The zero-order valence-corrected chi connectivity index (χ0v) is 6.06. The van der Waals surface area contributed by atoms with Gasteiger partial charge in [0.1, 0.15) is 0 Å². The van der Waals surface area contributed by atoms with Crippen LogP contribution >= 0.6 is 0 Å². The van der Waals surface area contributed by atoms with E-state index in [0.29, 0.717) is 13.0 Å². The number of halogens is 3. The van der Waals surface area contributed by atoms with Crippen molar-refractivity contribution in [2.45, 2.75) is 19.0 Å². The van der Waals surface area contributed by atoms with Crippen molar-refractivity contribution in [1.82, 2.24) is 5.01 Å². The van der Waals surface area contributed by atoms with Gasteiger partial charge in [0.2, 0.25) is 0 Å². The van der Waals surface area contributed by atoms with Gasteiger partial charge in [0.15, 0.2) is 0 Å². The second-order valence-corrected chi connectivity index (χ2v) is 2.88. The van der Waals surface area contributed by atoms with Gasteiger partial charge in [-0.3, -0.25) is 5.84 Å². The van der Waals surface area contributed by atoms with E-state index in [9.17, 15) is 13.2 Å². The van der Waals surface area contributed by atoms with Crippen LogP contribution in [0.4, 0.5) is 13.2 Å². The number of nitrogens with zero attached hydrogens (tertiary/aromatic N) is 1. The highest BCUT2D eigenvalue weighted by Crippen LogP contribution is 2.31. The summed E-state index contributed by atoms with van der Waals surface area (Å²) in [6.45, 7) is 0.524. The summed E-state index contributed by atoms with van der Waals surface area (Å²) >= 11 is 0. The van der Waals surface area contributed by atoms with Gasteiger partial charge in [0.25, 0.3) is 0 Å². The highest BCUT2D eigenvalue weighted by Gasteiger charge is 2.41. The van der Waals surface area contributed by atoms with Gasteiger partial charge >= 0.3 is 6.18 Å². The van der Waals surface area contributed by atoms with Gasteiger partial charge < -0.3 is 0 Å². The van der Waals surface area contributed by atoms with E-state index in [0.717, 1.165) is 0 Å². The molecule has 0 aromatic carbocycles. The third-order valence-corrected chi connectivity index (χ3v) is 1.92. The third-order valence-electron chi connectivity index (χ3n) is 1.92. The van der Waals surface area contributed by atoms with Crippen LogP contribution in [-0.4, -0.2) is 24.3 Å². The highest BCUT2D eigenvalue weighted by atomic mass is 19.4. The second-order valence-electron chi connectivity index (χ2n) is 2.88. The van der Waals surface area contributed by atoms with Crippen molar-refractivity contribution in [3.63, 3.8) is 0 Å². The summed E-state index contributed by atoms with van der Waals surface area (Å²) in [7, 11) is 0. The van der Waals surface area contributed by atoms with Gasteiger partial charge in [0, 0.05) is 13.1 Å². The molecule has 1 atom stereocenters. The second kappa shape index (κ2) is 2.98. The average Bonchev–Trinajstić information content (AvgIpc) is 1.86. The number of hydrazine groups is 1. The Bertz CT molecular complexity index is 134. The molecule has 2 N–H and O–H groups in total. The molecular formula is C6H11F3N2. The Morgan fingerprint density at radius 3 is 2.36 bits per heavy atom. The Hall–Kier alpha value is -0.290. The lowest BCUT2D eigenvalue weighted by atomic mass is 9.99. The molecule has 1 saturated heterocycles. The fraction of sp³-hybridized carbons (Fsp3) is 1.00. The number of alkyl halides is 3. The SMILES string of the molecule is NN1CCCC(C(F)(F)F)C1. The monoisotopic (exact) mass is 168 g/mol. The molecule has 66 valence electrons. The van der Waals surface area contributed by atoms with Crippen molar-refractivity contribution in [1.29, 1.82) is 0 Å². The number of hydrogen-bond acceptors (Lipinski definition) is 2. The minimum Gasteiger partial charge on any atom is -0.269 e. The molecule has 1 aliphatic heterocycles. The van der Waals surface area contributed by atoms with Crippen LogP contribution in [0.1, 0.15) is 12.8 Å². The molecule has 0 aliphatic carbocycles. The van der Waals surface area contributed by atoms with E-state index < -0.39 is 12.1 Å². The molecular weight excluding hydrogens is 157 g/mol. The zero-order valence-electron chi connectivity index (χ0n) is 6.06. The highest BCUT2D eigenvalue weighted by molar-refractivity contribution is 4.75. The molecule has 0 bridgehead atoms. The Balaban J connectivity index is 2.46. The summed E-state index contributed by atoms with van der Waals surface area (Å²) in [5.74, 6) is 4.03. The first-order valence-electron chi connectivity index (χ1n) is 3.56. The van der Waals surface area contributed by atoms with Crippen LogP contribution in [0.25, 0.3) is 0 Å². The van der Waals surface area contributed by atoms with Gasteiger partial charge in [-0.1, -0.05) is 0 Å². The van der Waals surface area contributed by atoms with Crippen molar-refractivity contribution in [3.05, 3.63) is 0 Å². The standard InChI is InChI=1S/C6H11F3N2/c7-6(8,9)5-2-1-3-11(10)4-5/h5H,1-4,10H2. The van der Waals surface area contributed by atoms with Crippen LogP contribution in [0, 0.1) is 5.92 Å². The Labute approximate surface area is 63.1 Å². The Morgan fingerprint density at radius 2 is 2.00 bits per heavy atom. The number of nitrogens with two attached hydrogens (primary N) is 1. The third kappa shape index (κ3) is 2.34. The maximum absolute atomic E-state index is 12.0. The average molecular weight is 168 g/mol. The largest absolute Gasteiger partial charge is 0.393 e. The molecule has 0 saturated carbocycles.